The second kappa shape index (κ2) is 3.58. The summed E-state index contributed by atoms with van der Waals surface area (Å²) >= 11 is 0. The average Bonchev–Trinajstić information content (AvgIpc) is 2.36. The summed E-state index contributed by atoms with van der Waals surface area (Å²) in [7, 11) is 2.04. The van der Waals surface area contributed by atoms with E-state index in [1.165, 1.54) is 5.56 Å². The van der Waals surface area contributed by atoms with E-state index in [-0.39, 0.29) is 0 Å². The molecule has 0 radical (unpaired) electrons. The quantitative estimate of drug-likeness (QED) is 0.698. The maximum Gasteiger partial charge on any atom is 0.0106 e. The van der Waals surface area contributed by atoms with Crippen molar-refractivity contribution in [2.45, 2.75) is 19.3 Å². The minimum Gasteiger partial charge on any atom is -0.357 e. The molecule has 62 valence electrons. The van der Waals surface area contributed by atoms with E-state index in [2.05, 4.69) is 30.0 Å². The zero-order valence-corrected chi connectivity index (χ0v) is 7.25. The van der Waals surface area contributed by atoms with Crippen molar-refractivity contribution in [3.8, 4) is 0 Å². The van der Waals surface area contributed by atoms with Crippen LogP contribution >= 0.6 is 0 Å². The van der Waals surface area contributed by atoms with Gasteiger partial charge in [0.25, 0.3) is 0 Å². The summed E-state index contributed by atoms with van der Waals surface area (Å²) in [6.45, 7) is 2.98. The normalized spacial score (nSPS) is 13.4. The van der Waals surface area contributed by atoms with E-state index in [4.69, 9.17) is 5.73 Å². The predicted octanol–water partition coefficient (Wildman–Crippen LogP) is 1.48. The Balaban J connectivity index is 2.60. The highest BCUT2D eigenvalue weighted by Crippen LogP contribution is 2.17. The highest BCUT2D eigenvalue weighted by atomic mass is 14.9. The molecule has 1 atom stereocenters. The molecule has 1 aromatic rings. The summed E-state index contributed by atoms with van der Waals surface area (Å²) in [5, 5.41) is 0. The Morgan fingerprint density at radius 3 is 2.82 bits per heavy atom. The van der Waals surface area contributed by atoms with Gasteiger partial charge in [-0.25, -0.2) is 0 Å². The van der Waals surface area contributed by atoms with Crippen LogP contribution in [0.2, 0.25) is 0 Å². The summed E-state index contributed by atoms with van der Waals surface area (Å²) in [6.07, 6.45) is 5.30. The monoisotopic (exact) mass is 152 g/mol. The fraction of sp³-hybridized carbons (Fsp3) is 0.556. The van der Waals surface area contributed by atoms with Crippen molar-refractivity contribution in [2.75, 3.05) is 6.54 Å². The van der Waals surface area contributed by atoms with E-state index >= 15 is 0 Å². The van der Waals surface area contributed by atoms with E-state index in [0.717, 1.165) is 13.0 Å². The predicted molar refractivity (Wildman–Crippen MR) is 47.5 cm³/mol. The summed E-state index contributed by atoms with van der Waals surface area (Å²) in [6, 6.07) is 2.15. The van der Waals surface area contributed by atoms with Gasteiger partial charge in [0.1, 0.15) is 0 Å². The lowest BCUT2D eigenvalue weighted by Gasteiger charge is -2.06. The molecule has 0 aromatic carbocycles. The number of aromatic nitrogens is 1. The van der Waals surface area contributed by atoms with Crippen molar-refractivity contribution in [1.29, 1.82) is 0 Å². The highest BCUT2D eigenvalue weighted by molar-refractivity contribution is 5.14. The van der Waals surface area contributed by atoms with Crippen molar-refractivity contribution in [3.63, 3.8) is 0 Å². The van der Waals surface area contributed by atoms with Gasteiger partial charge in [0.15, 0.2) is 0 Å². The number of hydrogen-bond donors (Lipinski definition) is 1. The molecule has 2 nitrogen and oxygen atoms in total. The number of rotatable bonds is 3. The Labute approximate surface area is 68.0 Å². The van der Waals surface area contributed by atoms with Gasteiger partial charge in [0.2, 0.25) is 0 Å². The van der Waals surface area contributed by atoms with Gasteiger partial charge in [-0.2, -0.15) is 0 Å². The number of nitrogens with zero attached hydrogens (tertiary/aromatic N) is 1. The van der Waals surface area contributed by atoms with Gasteiger partial charge in [-0.15, -0.1) is 0 Å². The van der Waals surface area contributed by atoms with Crippen LogP contribution in [0.1, 0.15) is 24.8 Å². The van der Waals surface area contributed by atoms with Crippen molar-refractivity contribution in [2.24, 2.45) is 12.8 Å². The van der Waals surface area contributed by atoms with Crippen LogP contribution in [-0.4, -0.2) is 11.1 Å². The molecule has 0 fully saturated rings. The maximum absolute atomic E-state index is 5.47. The molecular formula is C9H16N2. The molecule has 1 rings (SSSR count). The fourth-order valence-corrected chi connectivity index (χ4v) is 1.23. The second-order valence-corrected chi connectivity index (χ2v) is 3.09. The number of hydrogen-bond acceptors (Lipinski definition) is 1. The molecule has 1 heterocycles. The van der Waals surface area contributed by atoms with Gasteiger partial charge < -0.3 is 10.3 Å². The Morgan fingerprint density at radius 1 is 1.64 bits per heavy atom. The van der Waals surface area contributed by atoms with E-state index in [0.29, 0.717) is 5.92 Å². The zero-order valence-electron chi connectivity index (χ0n) is 7.25. The molecule has 11 heavy (non-hydrogen) atoms. The smallest absolute Gasteiger partial charge is 0.0106 e. The van der Waals surface area contributed by atoms with E-state index in [1.54, 1.807) is 0 Å². The van der Waals surface area contributed by atoms with Crippen LogP contribution in [-0.2, 0) is 7.05 Å². The second-order valence-electron chi connectivity index (χ2n) is 3.09. The Hall–Kier alpha value is -0.760. The van der Waals surface area contributed by atoms with Gasteiger partial charge in [-0.05, 0) is 30.5 Å². The Kier molecular flexibility index (Phi) is 2.71. The Bertz CT molecular complexity index is 215. The third-order valence-electron chi connectivity index (χ3n) is 2.02. The molecule has 0 saturated carbocycles. The third-order valence-corrected chi connectivity index (χ3v) is 2.02. The van der Waals surface area contributed by atoms with Crippen molar-refractivity contribution < 1.29 is 0 Å². The minimum absolute atomic E-state index is 0.598. The summed E-state index contributed by atoms with van der Waals surface area (Å²) in [5.41, 5.74) is 6.85. The van der Waals surface area contributed by atoms with Crippen molar-refractivity contribution in [3.05, 3.63) is 24.0 Å². The standard InChI is InChI=1S/C9H16N2/c1-8(3-5-10)9-4-6-11(2)7-9/h4,6-8H,3,5,10H2,1-2H3. The van der Waals surface area contributed by atoms with Crippen LogP contribution in [0.15, 0.2) is 18.5 Å². The van der Waals surface area contributed by atoms with E-state index in [1.807, 2.05) is 7.05 Å². The molecule has 1 unspecified atom stereocenters. The minimum atomic E-state index is 0.598. The molecule has 0 aliphatic heterocycles. The molecule has 0 saturated heterocycles. The molecule has 0 aliphatic rings. The summed E-state index contributed by atoms with van der Waals surface area (Å²) in [5.74, 6) is 0.598. The van der Waals surface area contributed by atoms with Crippen LogP contribution in [0.3, 0.4) is 0 Å². The third kappa shape index (κ3) is 2.09. The highest BCUT2D eigenvalue weighted by Gasteiger charge is 2.03. The van der Waals surface area contributed by atoms with Crippen molar-refractivity contribution >= 4 is 0 Å². The van der Waals surface area contributed by atoms with Crippen LogP contribution in [0.5, 0.6) is 0 Å². The van der Waals surface area contributed by atoms with Crippen LogP contribution in [0.25, 0.3) is 0 Å². The van der Waals surface area contributed by atoms with Crippen molar-refractivity contribution in [1.82, 2.24) is 4.57 Å². The van der Waals surface area contributed by atoms with Crippen LogP contribution in [0.4, 0.5) is 0 Å². The first kappa shape index (κ1) is 8.34. The zero-order chi connectivity index (χ0) is 8.27. The van der Waals surface area contributed by atoms with E-state index < -0.39 is 0 Å². The van der Waals surface area contributed by atoms with Gasteiger partial charge in [0, 0.05) is 19.4 Å². The van der Waals surface area contributed by atoms with Gasteiger partial charge in [0.05, 0.1) is 0 Å². The maximum atomic E-state index is 5.47. The number of aryl methyl sites for hydroxylation is 1. The van der Waals surface area contributed by atoms with Gasteiger partial charge in [-0.1, -0.05) is 6.92 Å². The van der Waals surface area contributed by atoms with E-state index in [9.17, 15) is 0 Å². The topological polar surface area (TPSA) is 30.9 Å². The molecular weight excluding hydrogens is 136 g/mol. The molecule has 2 N–H and O–H groups in total. The van der Waals surface area contributed by atoms with Gasteiger partial charge >= 0.3 is 0 Å². The molecule has 0 amide bonds. The SMILES string of the molecule is CC(CCN)c1ccn(C)c1. The summed E-state index contributed by atoms with van der Waals surface area (Å²) < 4.78 is 2.07. The average molecular weight is 152 g/mol. The fourth-order valence-electron chi connectivity index (χ4n) is 1.23. The largest absolute Gasteiger partial charge is 0.357 e. The summed E-state index contributed by atoms with van der Waals surface area (Å²) in [4.78, 5) is 0. The molecule has 0 bridgehead atoms. The number of nitrogens with two attached hydrogens (primary N) is 1. The molecule has 0 aliphatic carbocycles. The molecule has 0 spiro atoms. The lowest BCUT2D eigenvalue weighted by molar-refractivity contribution is 0.688. The lowest BCUT2D eigenvalue weighted by atomic mass is 10.0. The first-order chi connectivity index (χ1) is 5.24. The van der Waals surface area contributed by atoms with Crippen LogP contribution in [0, 0.1) is 0 Å². The lowest BCUT2D eigenvalue weighted by Crippen LogP contribution is -2.03. The van der Waals surface area contributed by atoms with Gasteiger partial charge in [-0.3, -0.25) is 0 Å². The van der Waals surface area contributed by atoms with Crippen LogP contribution < -0.4 is 5.73 Å². The Morgan fingerprint density at radius 2 is 2.36 bits per heavy atom. The first-order valence-electron chi connectivity index (χ1n) is 4.06. The molecule has 2 heteroatoms. The molecule has 1 aromatic heterocycles. The first-order valence-corrected chi connectivity index (χ1v) is 4.06.